The molecule has 4 heterocycles. The molecule has 3 amide bonds. The van der Waals surface area contributed by atoms with Crippen LogP contribution in [0.25, 0.3) is 0 Å². The number of carbonyl (C=O) groups excluding carboxylic acids is 3. The lowest BCUT2D eigenvalue weighted by atomic mass is 9.74. The summed E-state index contributed by atoms with van der Waals surface area (Å²) in [7, 11) is 0. The third-order valence-electron chi connectivity index (χ3n) is 11.2. The summed E-state index contributed by atoms with van der Waals surface area (Å²) < 4.78 is 6.57. The largest absolute Gasteiger partial charge is 0.359 e. The van der Waals surface area contributed by atoms with Crippen molar-refractivity contribution < 1.29 is 19.1 Å². The van der Waals surface area contributed by atoms with E-state index in [0.717, 1.165) is 63.1 Å². The van der Waals surface area contributed by atoms with E-state index in [1.807, 2.05) is 42.7 Å². The van der Waals surface area contributed by atoms with Crippen molar-refractivity contribution in [2.45, 2.75) is 86.5 Å². The molecule has 250 valence electrons. The SMILES string of the molecule is CSc1cccc(NC(=O)[C@H]2[C@H]3C=C[C@@]4(O3)[C@H]2C(=O)N(CCCN2CCC(Cc3ccccc3)CC2)[C@@H]4C(=O)NC2CCCCC2)c1. The fraction of sp³-hybridized carbons (Fsp3) is 0.553. The van der Waals surface area contributed by atoms with E-state index in [-0.39, 0.29) is 23.8 Å². The van der Waals surface area contributed by atoms with Crippen LogP contribution < -0.4 is 10.6 Å². The van der Waals surface area contributed by atoms with Crippen molar-refractivity contribution >= 4 is 35.2 Å². The summed E-state index contributed by atoms with van der Waals surface area (Å²) in [5.74, 6) is -1.23. The summed E-state index contributed by atoms with van der Waals surface area (Å²) in [5, 5.41) is 6.36. The molecule has 1 aliphatic carbocycles. The lowest BCUT2D eigenvalue weighted by molar-refractivity contribution is -0.141. The molecule has 5 atom stereocenters. The molecule has 8 nitrogen and oxygen atoms in total. The van der Waals surface area contributed by atoms with E-state index in [4.69, 9.17) is 4.74 Å². The van der Waals surface area contributed by atoms with Crippen molar-refractivity contribution in [2.75, 3.05) is 37.8 Å². The smallest absolute Gasteiger partial charge is 0.246 e. The Balaban J connectivity index is 1.04. The first-order chi connectivity index (χ1) is 22.9. The standard InChI is InChI=1S/C38H48N4O4S/c1-47-30-15-8-14-29(25-30)40-35(43)32-31-16-19-38(46-31)33(32)37(45)42(34(38)36(44)39-28-12-6-3-7-13-28)21-9-20-41-22-17-27(18-23-41)24-26-10-4-2-5-11-26/h2,4-5,8,10-11,14-16,19,25,27-28,31-34H,3,6-7,9,12-13,17-18,20-24H2,1H3,(H,39,44)(H,40,43)/t31-,32+,33-,34-,38-/m1/s1. The maximum absolute atomic E-state index is 14.4. The molecule has 7 rings (SSSR count). The Morgan fingerprint density at radius 2 is 1.74 bits per heavy atom. The number of amides is 3. The molecule has 0 unspecified atom stereocenters. The van der Waals surface area contributed by atoms with Crippen LogP contribution in [-0.2, 0) is 25.5 Å². The molecule has 1 spiro atoms. The summed E-state index contributed by atoms with van der Waals surface area (Å²) in [6.07, 6.45) is 14.9. The van der Waals surface area contributed by atoms with E-state index >= 15 is 0 Å². The van der Waals surface area contributed by atoms with Crippen molar-refractivity contribution in [3.05, 3.63) is 72.3 Å². The molecule has 47 heavy (non-hydrogen) atoms. The average molecular weight is 657 g/mol. The van der Waals surface area contributed by atoms with Gasteiger partial charge in [0.2, 0.25) is 17.7 Å². The first-order valence-corrected chi connectivity index (χ1v) is 18.9. The number of nitrogens with one attached hydrogen (secondary N) is 2. The Labute approximate surface area is 283 Å². The van der Waals surface area contributed by atoms with E-state index in [1.54, 1.807) is 16.7 Å². The van der Waals surface area contributed by atoms with Gasteiger partial charge in [-0.3, -0.25) is 14.4 Å². The van der Waals surface area contributed by atoms with Gasteiger partial charge in [0.1, 0.15) is 11.6 Å². The average Bonchev–Trinajstić information content (AvgIpc) is 3.74. The van der Waals surface area contributed by atoms with Gasteiger partial charge in [-0.15, -0.1) is 11.8 Å². The number of nitrogens with zero attached hydrogens (tertiary/aromatic N) is 2. The topological polar surface area (TPSA) is 91.0 Å². The number of carbonyl (C=O) groups is 3. The molecule has 2 N–H and O–H groups in total. The number of rotatable bonds is 11. The van der Waals surface area contributed by atoms with E-state index in [2.05, 4.69) is 45.9 Å². The maximum atomic E-state index is 14.4. The van der Waals surface area contributed by atoms with Gasteiger partial charge in [-0.25, -0.2) is 0 Å². The van der Waals surface area contributed by atoms with Crippen molar-refractivity contribution in [2.24, 2.45) is 17.8 Å². The van der Waals surface area contributed by atoms with Crippen LogP contribution in [0.4, 0.5) is 5.69 Å². The minimum atomic E-state index is -1.13. The summed E-state index contributed by atoms with van der Waals surface area (Å²) in [6.45, 7) is 3.45. The lowest BCUT2D eigenvalue weighted by Gasteiger charge is -2.35. The van der Waals surface area contributed by atoms with Crippen LogP contribution in [0.3, 0.4) is 0 Å². The van der Waals surface area contributed by atoms with Crippen LogP contribution in [-0.4, -0.2) is 83.7 Å². The van der Waals surface area contributed by atoms with Gasteiger partial charge in [-0.1, -0.05) is 67.8 Å². The second-order valence-electron chi connectivity index (χ2n) is 14.1. The molecular formula is C38H48N4O4S. The predicted molar refractivity (Wildman–Crippen MR) is 185 cm³/mol. The molecule has 9 heteroatoms. The van der Waals surface area contributed by atoms with Crippen molar-refractivity contribution in [3.8, 4) is 0 Å². The van der Waals surface area contributed by atoms with Crippen LogP contribution >= 0.6 is 11.8 Å². The predicted octanol–water partition coefficient (Wildman–Crippen LogP) is 5.29. The number of benzene rings is 2. The normalized spacial score (nSPS) is 29.3. The lowest BCUT2D eigenvalue weighted by Crippen LogP contribution is -2.56. The van der Waals surface area contributed by atoms with Gasteiger partial charge in [0.05, 0.1) is 17.9 Å². The molecule has 1 saturated carbocycles. The number of anilines is 1. The first-order valence-electron chi connectivity index (χ1n) is 17.6. The molecule has 0 radical (unpaired) electrons. The molecule has 4 aliphatic heterocycles. The third-order valence-corrected chi connectivity index (χ3v) is 11.9. The monoisotopic (exact) mass is 656 g/mol. The minimum absolute atomic E-state index is 0.117. The Morgan fingerprint density at radius 1 is 0.957 bits per heavy atom. The fourth-order valence-corrected chi connectivity index (χ4v) is 9.25. The van der Waals surface area contributed by atoms with E-state index < -0.39 is 29.6 Å². The highest BCUT2D eigenvalue weighted by molar-refractivity contribution is 7.98. The van der Waals surface area contributed by atoms with Crippen molar-refractivity contribution in [1.82, 2.24) is 15.1 Å². The number of hydrogen-bond donors (Lipinski definition) is 2. The number of fused-ring (bicyclic) bond motifs is 1. The van der Waals surface area contributed by atoms with E-state index in [0.29, 0.717) is 18.2 Å². The van der Waals surface area contributed by atoms with Crippen LogP contribution in [0, 0.1) is 17.8 Å². The summed E-state index contributed by atoms with van der Waals surface area (Å²) in [5.41, 5.74) is 0.982. The summed E-state index contributed by atoms with van der Waals surface area (Å²) >= 11 is 1.61. The molecule has 5 aliphatic rings. The Hall–Kier alpha value is -3.14. The number of thioether (sulfide) groups is 1. The fourth-order valence-electron chi connectivity index (χ4n) is 8.79. The van der Waals surface area contributed by atoms with E-state index in [1.165, 1.54) is 24.8 Å². The summed E-state index contributed by atoms with van der Waals surface area (Å²) in [6, 6.07) is 17.8. The van der Waals surface area contributed by atoms with Crippen LogP contribution in [0.2, 0.25) is 0 Å². The molecular weight excluding hydrogens is 609 g/mol. The number of piperidine rings is 1. The molecule has 2 bridgehead atoms. The van der Waals surface area contributed by atoms with Crippen molar-refractivity contribution in [3.63, 3.8) is 0 Å². The Bertz CT molecular complexity index is 1470. The highest BCUT2D eigenvalue weighted by Crippen LogP contribution is 2.55. The van der Waals surface area contributed by atoms with Gasteiger partial charge in [-0.05, 0) is 94.1 Å². The zero-order valence-electron chi connectivity index (χ0n) is 27.4. The van der Waals surface area contributed by atoms with Crippen LogP contribution in [0.15, 0.2) is 71.6 Å². The van der Waals surface area contributed by atoms with Gasteiger partial charge >= 0.3 is 0 Å². The quantitative estimate of drug-likeness (QED) is 0.253. The molecule has 0 aromatic heterocycles. The molecule has 2 aromatic carbocycles. The van der Waals surface area contributed by atoms with Crippen molar-refractivity contribution in [1.29, 1.82) is 0 Å². The molecule has 4 fully saturated rings. The number of hydrogen-bond acceptors (Lipinski definition) is 6. The first kappa shape index (κ1) is 32.4. The second kappa shape index (κ2) is 14.1. The highest BCUT2D eigenvalue weighted by atomic mass is 32.2. The van der Waals surface area contributed by atoms with Gasteiger partial charge in [0, 0.05) is 23.2 Å². The third kappa shape index (κ3) is 6.63. The van der Waals surface area contributed by atoms with Crippen LogP contribution in [0.1, 0.15) is 56.9 Å². The number of ether oxygens (including phenoxy) is 1. The van der Waals surface area contributed by atoms with Gasteiger partial charge in [0.25, 0.3) is 0 Å². The van der Waals surface area contributed by atoms with Gasteiger partial charge in [-0.2, -0.15) is 0 Å². The zero-order chi connectivity index (χ0) is 32.4. The van der Waals surface area contributed by atoms with Crippen LogP contribution in [0.5, 0.6) is 0 Å². The molecule has 3 saturated heterocycles. The zero-order valence-corrected chi connectivity index (χ0v) is 28.3. The Kier molecular flexibility index (Phi) is 9.76. The summed E-state index contributed by atoms with van der Waals surface area (Å²) in [4.78, 5) is 47.7. The Morgan fingerprint density at radius 3 is 2.51 bits per heavy atom. The highest BCUT2D eigenvalue weighted by Gasteiger charge is 2.72. The minimum Gasteiger partial charge on any atom is -0.359 e. The second-order valence-corrected chi connectivity index (χ2v) is 15.0. The van der Waals surface area contributed by atoms with Gasteiger partial charge in [0.15, 0.2) is 0 Å². The van der Waals surface area contributed by atoms with E-state index in [9.17, 15) is 14.4 Å². The molecule has 2 aromatic rings. The maximum Gasteiger partial charge on any atom is 0.246 e. The van der Waals surface area contributed by atoms with Gasteiger partial charge < -0.3 is 25.2 Å². The number of likely N-dealkylation sites (tertiary alicyclic amines) is 2.